The van der Waals surface area contributed by atoms with Crippen LogP contribution < -0.4 is 5.32 Å². The standard InChI is InChI=1S/C19H30N2O4S/c1-18(2,3)11-15(23)21-9-8-19(4,24)17(20-14(22)12-25-5)16(21)13-7-6-10-26-13/h6-7,10,16-17,24H,8-9,11-12H2,1-5H3,(H,20,22). The lowest BCUT2D eigenvalue weighted by atomic mass is 9.81. The van der Waals surface area contributed by atoms with E-state index in [1.165, 1.54) is 18.4 Å². The minimum absolute atomic E-state index is 0.0393. The predicted octanol–water partition coefficient (Wildman–Crippen LogP) is 2.34. The molecule has 3 atom stereocenters. The number of thiophene rings is 1. The second-order valence-corrected chi connectivity index (χ2v) is 9.35. The number of nitrogens with one attached hydrogen (secondary N) is 1. The van der Waals surface area contributed by atoms with Crippen molar-refractivity contribution >= 4 is 23.2 Å². The van der Waals surface area contributed by atoms with Gasteiger partial charge in [-0.25, -0.2) is 0 Å². The molecule has 1 aliphatic rings. The van der Waals surface area contributed by atoms with Gasteiger partial charge in [-0.1, -0.05) is 26.8 Å². The quantitative estimate of drug-likeness (QED) is 0.819. The number of aliphatic hydroxyl groups is 1. The van der Waals surface area contributed by atoms with Gasteiger partial charge in [0.05, 0.1) is 17.7 Å². The van der Waals surface area contributed by atoms with Gasteiger partial charge in [-0.3, -0.25) is 9.59 Å². The van der Waals surface area contributed by atoms with Crippen LogP contribution in [0.2, 0.25) is 0 Å². The first-order chi connectivity index (χ1) is 12.0. The molecule has 0 aliphatic carbocycles. The summed E-state index contributed by atoms with van der Waals surface area (Å²) in [6, 6.07) is 2.88. The zero-order valence-electron chi connectivity index (χ0n) is 16.2. The highest BCUT2D eigenvalue weighted by molar-refractivity contribution is 7.10. The van der Waals surface area contributed by atoms with Gasteiger partial charge in [0, 0.05) is 25.0 Å². The molecule has 0 aromatic carbocycles. The fraction of sp³-hybridized carbons (Fsp3) is 0.684. The lowest BCUT2D eigenvalue weighted by Gasteiger charge is -2.49. The summed E-state index contributed by atoms with van der Waals surface area (Å²) >= 11 is 1.53. The number of piperidine rings is 1. The summed E-state index contributed by atoms with van der Waals surface area (Å²) in [7, 11) is 1.45. The average molecular weight is 383 g/mol. The molecule has 2 amide bonds. The van der Waals surface area contributed by atoms with Crippen molar-refractivity contribution in [3.8, 4) is 0 Å². The van der Waals surface area contributed by atoms with E-state index in [0.717, 1.165) is 4.88 Å². The molecule has 6 nitrogen and oxygen atoms in total. The SMILES string of the molecule is COCC(=O)NC1C(c2cccs2)N(C(=O)CC(C)(C)C)CCC1(C)O. The summed E-state index contributed by atoms with van der Waals surface area (Å²) < 4.78 is 4.91. The van der Waals surface area contributed by atoms with E-state index in [9.17, 15) is 14.7 Å². The van der Waals surface area contributed by atoms with E-state index in [1.54, 1.807) is 6.92 Å². The Balaban J connectivity index is 2.37. The van der Waals surface area contributed by atoms with E-state index in [-0.39, 0.29) is 23.8 Å². The fourth-order valence-electron chi connectivity index (χ4n) is 3.35. The van der Waals surface area contributed by atoms with Crippen LogP contribution >= 0.6 is 11.3 Å². The van der Waals surface area contributed by atoms with Gasteiger partial charge >= 0.3 is 0 Å². The first kappa shape index (κ1) is 20.9. The second kappa shape index (κ2) is 8.06. The molecule has 1 saturated heterocycles. The largest absolute Gasteiger partial charge is 0.388 e. The van der Waals surface area contributed by atoms with Gasteiger partial charge in [-0.2, -0.15) is 0 Å². The van der Waals surface area contributed by atoms with E-state index in [4.69, 9.17) is 4.74 Å². The maximum Gasteiger partial charge on any atom is 0.246 e. The molecule has 0 bridgehead atoms. The van der Waals surface area contributed by atoms with Crippen molar-refractivity contribution < 1.29 is 19.4 Å². The summed E-state index contributed by atoms with van der Waals surface area (Å²) in [5.74, 6) is -0.262. The Labute approximate surface area is 159 Å². The Kier molecular flexibility index (Phi) is 6.47. The molecule has 1 aromatic heterocycles. The van der Waals surface area contributed by atoms with Gasteiger partial charge in [0.25, 0.3) is 0 Å². The molecule has 3 unspecified atom stereocenters. The Morgan fingerprint density at radius 1 is 1.46 bits per heavy atom. The molecule has 1 fully saturated rings. The summed E-state index contributed by atoms with van der Waals surface area (Å²) in [5, 5.41) is 15.8. The van der Waals surface area contributed by atoms with E-state index < -0.39 is 17.7 Å². The lowest BCUT2D eigenvalue weighted by molar-refractivity contribution is -0.148. The van der Waals surface area contributed by atoms with Crippen LogP contribution in [0.4, 0.5) is 0 Å². The van der Waals surface area contributed by atoms with Crippen molar-refractivity contribution in [1.82, 2.24) is 10.2 Å². The highest BCUT2D eigenvalue weighted by atomic mass is 32.1. The third-order valence-electron chi connectivity index (χ3n) is 4.61. The Hall–Kier alpha value is -1.44. The molecule has 1 aliphatic heterocycles. The smallest absolute Gasteiger partial charge is 0.246 e. The highest BCUT2D eigenvalue weighted by Crippen LogP contribution is 2.40. The maximum absolute atomic E-state index is 13.0. The number of ether oxygens (including phenoxy) is 1. The molecule has 2 N–H and O–H groups in total. The number of likely N-dealkylation sites (tertiary alicyclic amines) is 1. The van der Waals surface area contributed by atoms with Crippen LogP contribution in [0, 0.1) is 5.41 Å². The molecule has 0 saturated carbocycles. The average Bonchev–Trinajstić information content (AvgIpc) is 3.01. The minimum Gasteiger partial charge on any atom is -0.388 e. The van der Waals surface area contributed by atoms with Crippen molar-refractivity contribution in [3.63, 3.8) is 0 Å². The fourth-order valence-corrected chi connectivity index (χ4v) is 4.23. The Morgan fingerprint density at radius 3 is 2.69 bits per heavy atom. The van der Waals surface area contributed by atoms with Gasteiger partial charge in [0.2, 0.25) is 11.8 Å². The van der Waals surface area contributed by atoms with E-state index >= 15 is 0 Å². The summed E-state index contributed by atoms with van der Waals surface area (Å²) in [4.78, 5) is 27.9. The molecular formula is C19H30N2O4S. The Bertz CT molecular complexity index is 622. The normalized spacial score (nSPS) is 26.6. The Morgan fingerprint density at radius 2 is 2.15 bits per heavy atom. The number of carbonyl (C=O) groups excluding carboxylic acids is 2. The highest BCUT2D eigenvalue weighted by Gasteiger charge is 2.48. The van der Waals surface area contributed by atoms with Gasteiger partial charge in [-0.05, 0) is 30.2 Å². The molecular weight excluding hydrogens is 352 g/mol. The number of rotatable bonds is 5. The zero-order chi connectivity index (χ0) is 19.5. The molecule has 0 radical (unpaired) electrons. The van der Waals surface area contributed by atoms with E-state index in [0.29, 0.717) is 19.4 Å². The van der Waals surface area contributed by atoms with Crippen molar-refractivity contribution in [2.24, 2.45) is 5.41 Å². The van der Waals surface area contributed by atoms with Crippen LogP contribution in [0.3, 0.4) is 0 Å². The van der Waals surface area contributed by atoms with Crippen LogP contribution in [0.1, 0.15) is 51.5 Å². The first-order valence-electron chi connectivity index (χ1n) is 8.89. The van der Waals surface area contributed by atoms with Crippen molar-refractivity contribution in [3.05, 3.63) is 22.4 Å². The monoisotopic (exact) mass is 382 g/mol. The molecule has 146 valence electrons. The van der Waals surface area contributed by atoms with E-state index in [2.05, 4.69) is 5.32 Å². The second-order valence-electron chi connectivity index (χ2n) is 8.37. The molecule has 2 heterocycles. The number of nitrogens with zero attached hydrogens (tertiary/aromatic N) is 1. The van der Waals surface area contributed by atoms with Crippen molar-refractivity contribution in [1.29, 1.82) is 0 Å². The number of amides is 2. The van der Waals surface area contributed by atoms with Gasteiger partial charge in [0.15, 0.2) is 0 Å². The zero-order valence-corrected chi connectivity index (χ0v) is 17.1. The van der Waals surface area contributed by atoms with Crippen molar-refractivity contribution in [2.75, 3.05) is 20.3 Å². The number of hydrogen-bond acceptors (Lipinski definition) is 5. The molecule has 7 heteroatoms. The van der Waals surface area contributed by atoms with Crippen LogP contribution in [0.5, 0.6) is 0 Å². The summed E-state index contributed by atoms with van der Waals surface area (Å²) in [6.45, 7) is 8.19. The van der Waals surface area contributed by atoms with Gasteiger partial charge in [0.1, 0.15) is 6.61 Å². The molecule has 0 spiro atoms. The maximum atomic E-state index is 13.0. The topological polar surface area (TPSA) is 78.9 Å². The van der Waals surface area contributed by atoms with Crippen LogP contribution in [0.15, 0.2) is 17.5 Å². The van der Waals surface area contributed by atoms with Gasteiger partial charge in [-0.15, -0.1) is 11.3 Å². The van der Waals surface area contributed by atoms with Crippen LogP contribution in [0.25, 0.3) is 0 Å². The lowest BCUT2D eigenvalue weighted by Crippen LogP contribution is -2.63. The number of hydrogen-bond donors (Lipinski definition) is 2. The predicted molar refractivity (Wildman–Crippen MR) is 102 cm³/mol. The van der Waals surface area contributed by atoms with Gasteiger partial charge < -0.3 is 20.1 Å². The minimum atomic E-state index is -1.11. The number of methoxy groups -OCH3 is 1. The first-order valence-corrected chi connectivity index (χ1v) is 9.77. The molecule has 1 aromatic rings. The summed E-state index contributed by atoms with van der Waals surface area (Å²) in [6.07, 6.45) is 0.818. The summed E-state index contributed by atoms with van der Waals surface area (Å²) in [5.41, 5.74) is -1.25. The van der Waals surface area contributed by atoms with Crippen LogP contribution in [-0.2, 0) is 14.3 Å². The number of carbonyl (C=O) groups is 2. The van der Waals surface area contributed by atoms with E-state index in [1.807, 2.05) is 43.2 Å². The van der Waals surface area contributed by atoms with Crippen molar-refractivity contribution in [2.45, 2.75) is 58.2 Å². The molecule has 2 rings (SSSR count). The third-order valence-corrected chi connectivity index (χ3v) is 5.55. The third kappa shape index (κ3) is 5.05. The molecule has 26 heavy (non-hydrogen) atoms. The van der Waals surface area contributed by atoms with Crippen LogP contribution in [-0.4, -0.2) is 53.7 Å².